The quantitative estimate of drug-likeness (QED) is 0.624. The molecule has 84 valence electrons. The first-order chi connectivity index (χ1) is 7.65. The fraction of sp³-hybridized carbons (Fsp3) is 0.200. The molecule has 6 heteroatoms. The Bertz CT molecular complexity index is 544. The summed E-state index contributed by atoms with van der Waals surface area (Å²) in [6.07, 6.45) is 0.651. The molecule has 0 bridgehead atoms. The van der Waals surface area contributed by atoms with E-state index in [0.717, 1.165) is 0 Å². The fourth-order valence-corrected chi connectivity index (χ4v) is 1.72. The molecule has 1 aromatic carbocycles. The average molecular weight is 241 g/mol. The minimum Gasteiger partial charge on any atom is -0.308 e. The van der Waals surface area contributed by atoms with Gasteiger partial charge in [0, 0.05) is 11.8 Å². The molecular weight excluding hydrogens is 231 g/mol. The summed E-state index contributed by atoms with van der Waals surface area (Å²) in [7, 11) is 0. The SMILES string of the molecule is CCc1nc(NN)c2cc(F)cc(Cl)c2n1. The van der Waals surface area contributed by atoms with Crippen LogP contribution in [0, 0.1) is 5.82 Å². The van der Waals surface area contributed by atoms with Crippen molar-refractivity contribution in [3.63, 3.8) is 0 Å². The highest BCUT2D eigenvalue weighted by Crippen LogP contribution is 2.27. The Hall–Kier alpha value is -1.46. The van der Waals surface area contributed by atoms with Crippen LogP contribution < -0.4 is 11.3 Å². The van der Waals surface area contributed by atoms with E-state index in [1.807, 2.05) is 6.92 Å². The first-order valence-electron chi connectivity index (χ1n) is 4.78. The summed E-state index contributed by atoms with van der Waals surface area (Å²) in [5, 5.41) is 0.730. The van der Waals surface area contributed by atoms with Crippen molar-refractivity contribution in [2.75, 3.05) is 5.43 Å². The van der Waals surface area contributed by atoms with E-state index in [4.69, 9.17) is 17.4 Å². The third kappa shape index (κ3) is 1.79. The maximum atomic E-state index is 13.2. The minimum absolute atomic E-state index is 0.253. The van der Waals surface area contributed by atoms with Crippen LogP contribution in [0.5, 0.6) is 0 Å². The molecule has 0 fully saturated rings. The summed E-state index contributed by atoms with van der Waals surface area (Å²) in [4.78, 5) is 8.39. The second kappa shape index (κ2) is 4.19. The van der Waals surface area contributed by atoms with Crippen molar-refractivity contribution in [2.24, 2.45) is 5.84 Å². The minimum atomic E-state index is -0.443. The largest absolute Gasteiger partial charge is 0.308 e. The molecule has 0 saturated carbocycles. The molecule has 4 nitrogen and oxygen atoms in total. The van der Waals surface area contributed by atoms with Gasteiger partial charge in [-0.1, -0.05) is 18.5 Å². The Morgan fingerprint density at radius 2 is 2.19 bits per heavy atom. The van der Waals surface area contributed by atoms with Crippen LogP contribution in [0.4, 0.5) is 10.2 Å². The van der Waals surface area contributed by atoms with Crippen LogP contribution >= 0.6 is 11.6 Å². The Balaban J connectivity index is 2.83. The maximum Gasteiger partial charge on any atom is 0.151 e. The Morgan fingerprint density at radius 3 is 2.81 bits per heavy atom. The number of fused-ring (bicyclic) bond motifs is 1. The third-order valence-corrected chi connectivity index (χ3v) is 2.51. The maximum absolute atomic E-state index is 13.2. The number of nitrogens with two attached hydrogens (primary N) is 1. The lowest BCUT2D eigenvalue weighted by atomic mass is 10.2. The molecule has 0 aliphatic heterocycles. The van der Waals surface area contributed by atoms with Crippen LogP contribution in [0.3, 0.4) is 0 Å². The summed E-state index contributed by atoms with van der Waals surface area (Å²) >= 11 is 5.92. The number of rotatable bonds is 2. The van der Waals surface area contributed by atoms with Crippen LogP contribution in [-0.4, -0.2) is 9.97 Å². The van der Waals surface area contributed by atoms with E-state index in [1.165, 1.54) is 12.1 Å². The smallest absolute Gasteiger partial charge is 0.151 e. The van der Waals surface area contributed by atoms with Crippen molar-refractivity contribution in [2.45, 2.75) is 13.3 Å². The normalized spacial score (nSPS) is 10.8. The average Bonchev–Trinajstić information content (AvgIpc) is 2.28. The van der Waals surface area contributed by atoms with Crippen molar-refractivity contribution in [1.82, 2.24) is 9.97 Å². The van der Waals surface area contributed by atoms with Gasteiger partial charge in [0.05, 0.1) is 10.5 Å². The van der Waals surface area contributed by atoms with Crippen LogP contribution in [0.25, 0.3) is 10.9 Å². The van der Waals surface area contributed by atoms with E-state index in [1.54, 1.807) is 0 Å². The van der Waals surface area contributed by atoms with Gasteiger partial charge in [0.2, 0.25) is 0 Å². The lowest BCUT2D eigenvalue weighted by Crippen LogP contribution is -2.11. The molecule has 16 heavy (non-hydrogen) atoms. The van der Waals surface area contributed by atoms with E-state index in [-0.39, 0.29) is 5.02 Å². The van der Waals surface area contributed by atoms with Crippen molar-refractivity contribution < 1.29 is 4.39 Å². The standard InChI is InChI=1S/C10H10ClFN4/c1-2-8-14-9-6(10(15-8)16-13)3-5(12)4-7(9)11/h3-4H,2,13H2,1H3,(H,14,15,16). The van der Waals surface area contributed by atoms with Gasteiger partial charge in [0.25, 0.3) is 0 Å². The number of nitrogen functional groups attached to an aromatic ring is 1. The Morgan fingerprint density at radius 1 is 1.44 bits per heavy atom. The van der Waals surface area contributed by atoms with E-state index in [2.05, 4.69) is 15.4 Å². The number of benzene rings is 1. The first kappa shape index (κ1) is 11.0. The van der Waals surface area contributed by atoms with Gasteiger partial charge in [-0.15, -0.1) is 0 Å². The number of nitrogens with zero attached hydrogens (tertiary/aromatic N) is 2. The van der Waals surface area contributed by atoms with Crippen LogP contribution in [0.1, 0.15) is 12.7 Å². The van der Waals surface area contributed by atoms with Crippen molar-refractivity contribution in [3.05, 3.63) is 28.8 Å². The van der Waals surface area contributed by atoms with E-state index in [0.29, 0.717) is 29.0 Å². The van der Waals surface area contributed by atoms with Crippen LogP contribution in [0.15, 0.2) is 12.1 Å². The molecule has 0 aliphatic carbocycles. The predicted octanol–water partition coefficient (Wildman–Crippen LogP) is 2.27. The zero-order chi connectivity index (χ0) is 11.7. The molecule has 0 atom stereocenters. The summed E-state index contributed by atoms with van der Waals surface area (Å²) in [5.74, 6) is 5.87. The number of nitrogens with one attached hydrogen (secondary N) is 1. The summed E-state index contributed by atoms with van der Waals surface area (Å²) in [5.41, 5.74) is 2.93. The van der Waals surface area contributed by atoms with Gasteiger partial charge in [0.15, 0.2) is 5.82 Å². The Labute approximate surface area is 96.6 Å². The van der Waals surface area contributed by atoms with Gasteiger partial charge in [-0.3, -0.25) is 0 Å². The van der Waals surface area contributed by atoms with E-state index in [9.17, 15) is 4.39 Å². The molecule has 1 heterocycles. The van der Waals surface area contributed by atoms with Gasteiger partial charge >= 0.3 is 0 Å². The number of aryl methyl sites for hydroxylation is 1. The van der Waals surface area contributed by atoms with Gasteiger partial charge in [-0.2, -0.15) is 0 Å². The highest BCUT2D eigenvalue weighted by Gasteiger charge is 2.10. The second-order valence-electron chi connectivity index (χ2n) is 3.27. The number of aromatic nitrogens is 2. The molecule has 0 unspecified atom stereocenters. The van der Waals surface area contributed by atoms with Gasteiger partial charge in [-0.25, -0.2) is 20.2 Å². The predicted molar refractivity (Wildman–Crippen MR) is 61.7 cm³/mol. The summed E-state index contributed by atoms with van der Waals surface area (Å²) in [6, 6.07) is 2.52. The molecule has 2 rings (SSSR count). The van der Waals surface area contributed by atoms with Gasteiger partial charge in [-0.05, 0) is 12.1 Å². The highest BCUT2D eigenvalue weighted by molar-refractivity contribution is 6.35. The van der Waals surface area contributed by atoms with E-state index >= 15 is 0 Å². The molecule has 0 saturated heterocycles. The molecule has 0 aliphatic rings. The lowest BCUT2D eigenvalue weighted by Gasteiger charge is -2.08. The zero-order valence-electron chi connectivity index (χ0n) is 8.59. The molecule has 1 aromatic heterocycles. The first-order valence-corrected chi connectivity index (χ1v) is 5.15. The number of halogens is 2. The van der Waals surface area contributed by atoms with Gasteiger partial charge in [0.1, 0.15) is 11.6 Å². The molecule has 3 N–H and O–H groups in total. The second-order valence-corrected chi connectivity index (χ2v) is 3.68. The van der Waals surface area contributed by atoms with E-state index < -0.39 is 5.82 Å². The number of hydrogen-bond acceptors (Lipinski definition) is 4. The molecule has 0 spiro atoms. The number of anilines is 1. The number of hydrogen-bond donors (Lipinski definition) is 2. The van der Waals surface area contributed by atoms with Crippen molar-refractivity contribution >= 4 is 28.3 Å². The number of hydrazine groups is 1. The molecule has 2 aromatic rings. The third-order valence-electron chi connectivity index (χ3n) is 2.22. The van der Waals surface area contributed by atoms with Crippen LogP contribution in [-0.2, 0) is 6.42 Å². The monoisotopic (exact) mass is 240 g/mol. The summed E-state index contributed by atoms with van der Waals surface area (Å²) < 4.78 is 13.2. The highest BCUT2D eigenvalue weighted by atomic mass is 35.5. The Kier molecular flexibility index (Phi) is 2.89. The molecular formula is C10H10ClFN4. The summed E-state index contributed by atoms with van der Waals surface area (Å²) in [6.45, 7) is 1.92. The van der Waals surface area contributed by atoms with Crippen molar-refractivity contribution in [3.8, 4) is 0 Å². The topological polar surface area (TPSA) is 63.8 Å². The molecule has 0 radical (unpaired) electrons. The zero-order valence-corrected chi connectivity index (χ0v) is 9.35. The van der Waals surface area contributed by atoms with Gasteiger partial charge < -0.3 is 5.43 Å². The van der Waals surface area contributed by atoms with Crippen molar-refractivity contribution in [1.29, 1.82) is 0 Å². The molecule has 0 amide bonds. The fourth-order valence-electron chi connectivity index (χ4n) is 1.47. The lowest BCUT2D eigenvalue weighted by molar-refractivity contribution is 0.629. The van der Waals surface area contributed by atoms with Crippen LogP contribution in [0.2, 0.25) is 5.02 Å².